The van der Waals surface area contributed by atoms with Gasteiger partial charge in [-0.05, 0) is 24.1 Å². The van der Waals surface area contributed by atoms with Gasteiger partial charge in [0.2, 0.25) is 0 Å². The van der Waals surface area contributed by atoms with E-state index in [1.165, 1.54) is 0 Å². The van der Waals surface area contributed by atoms with Crippen LogP contribution >= 0.6 is 36.4 Å². The third kappa shape index (κ3) is 6.92. The molecule has 0 aliphatic carbocycles. The Kier molecular flexibility index (Phi) is 9.74. The highest BCUT2D eigenvalue weighted by atomic mass is 35.5. The average Bonchev–Trinajstić information content (AvgIpc) is 2.41. The number of piperazine rings is 1. The first-order valence-electron chi connectivity index (χ1n) is 6.73. The van der Waals surface area contributed by atoms with Crippen LogP contribution in [-0.4, -0.2) is 37.3 Å². The molecule has 128 valence electrons. The third-order valence-corrected chi connectivity index (χ3v) is 3.80. The zero-order valence-corrected chi connectivity index (χ0v) is 14.3. The summed E-state index contributed by atoms with van der Waals surface area (Å²) in [5.41, 5.74) is 0.903. The molecule has 1 fully saturated rings. The molecule has 2 nitrogen and oxygen atoms in total. The van der Waals surface area contributed by atoms with Crippen molar-refractivity contribution in [3.8, 4) is 0 Å². The Morgan fingerprint density at radius 2 is 1.64 bits per heavy atom. The zero-order valence-electron chi connectivity index (χ0n) is 11.9. The number of rotatable bonds is 4. The standard InChI is InChI=1S/C14H18ClF3N2.2ClH/c15-12-3-1-11(2-4-12)13(5-6-14(16,17)18)20-9-7-19-8-10-20;;/h1-4,13,19H,5-10H2;2*1H/t13-;;/m0../s1. The summed E-state index contributed by atoms with van der Waals surface area (Å²) < 4.78 is 37.5. The van der Waals surface area contributed by atoms with E-state index in [1.54, 1.807) is 12.1 Å². The smallest absolute Gasteiger partial charge is 0.314 e. The number of benzene rings is 1. The lowest BCUT2D eigenvalue weighted by Gasteiger charge is -2.35. The topological polar surface area (TPSA) is 15.3 Å². The number of alkyl halides is 3. The summed E-state index contributed by atoms with van der Waals surface area (Å²) in [6.07, 6.45) is -4.78. The first-order chi connectivity index (χ1) is 9.46. The molecule has 1 aromatic carbocycles. The van der Waals surface area contributed by atoms with Crippen molar-refractivity contribution in [1.29, 1.82) is 0 Å². The van der Waals surface area contributed by atoms with E-state index in [2.05, 4.69) is 10.2 Å². The van der Waals surface area contributed by atoms with E-state index < -0.39 is 12.6 Å². The second kappa shape index (κ2) is 9.83. The Morgan fingerprint density at radius 1 is 1.09 bits per heavy atom. The van der Waals surface area contributed by atoms with Gasteiger partial charge < -0.3 is 5.32 Å². The monoisotopic (exact) mass is 378 g/mol. The number of nitrogens with zero attached hydrogens (tertiary/aromatic N) is 1. The van der Waals surface area contributed by atoms with Crippen molar-refractivity contribution in [3.63, 3.8) is 0 Å². The molecule has 0 aromatic heterocycles. The zero-order chi connectivity index (χ0) is 14.6. The van der Waals surface area contributed by atoms with Crippen LogP contribution in [-0.2, 0) is 0 Å². The van der Waals surface area contributed by atoms with Crippen LogP contribution in [0.3, 0.4) is 0 Å². The van der Waals surface area contributed by atoms with Gasteiger partial charge in [-0.25, -0.2) is 0 Å². The molecular weight excluding hydrogens is 360 g/mol. The highest BCUT2D eigenvalue weighted by Gasteiger charge is 2.31. The molecule has 1 heterocycles. The maximum absolute atomic E-state index is 12.5. The number of nitrogens with one attached hydrogen (secondary N) is 1. The van der Waals surface area contributed by atoms with Crippen LogP contribution in [0, 0.1) is 0 Å². The van der Waals surface area contributed by atoms with Crippen molar-refractivity contribution in [3.05, 3.63) is 34.9 Å². The summed E-state index contributed by atoms with van der Waals surface area (Å²) in [6, 6.07) is 6.92. The molecule has 0 unspecified atom stereocenters. The van der Waals surface area contributed by atoms with Gasteiger partial charge >= 0.3 is 6.18 Å². The van der Waals surface area contributed by atoms with Gasteiger partial charge in [-0.2, -0.15) is 13.2 Å². The van der Waals surface area contributed by atoms with E-state index in [0.717, 1.165) is 31.7 Å². The second-order valence-corrected chi connectivity index (χ2v) is 5.44. The van der Waals surface area contributed by atoms with E-state index in [1.807, 2.05) is 12.1 Å². The van der Waals surface area contributed by atoms with Gasteiger partial charge in [0.15, 0.2) is 0 Å². The van der Waals surface area contributed by atoms with Crippen molar-refractivity contribution < 1.29 is 13.2 Å². The van der Waals surface area contributed by atoms with Crippen LogP contribution in [0.15, 0.2) is 24.3 Å². The lowest BCUT2D eigenvalue weighted by molar-refractivity contribution is -0.138. The maximum Gasteiger partial charge on any atom is 0.389 e. The fourth-order valence-electron chi connectivity index (χ4n) is 2.54. The van der Waals surface area contributed by atoms with Gasteiger partial charge in [0, 0.05) is 43.7 Å². The average molecular weight is 380 g/mol. The minimum absolute atomic E-state index is 0. The maximum atomic E-state index is 12.5. The Hall–Kier alpha value is -0.200. The van der Waals surface area contributed by atoms with Crippen molar-refractivity contribution in [1.82, 2.24) is 10.2 Å². The molecule has 1 saturated heterocycles. The Balaban J connectivity index is 0.00000220. The Morgan fingerprint density at radius 3 is 2.14 bits per heavy atom. The minimum Gasteiger partial charge on any atom is -0.314 e. The first-order valence-corrected chi connectivity index (χ1v) is 7.10. The number of halogens is 6. The largest absolute Gasteiger partial charge is 0.389 e. The van der Waals surface area contributed by atoms with Gasteiger partial charge in [0.1, 0.15) is 0 Å². The Bertz CT molecular complexity index is 420. The first kappa shape index (κ1) is 21.8. The SMILES string of the molecule is Cl.Cl.FC(F)(F)CC[C@@H](c1ccc(Cl)cc1)N1CCNCC1. The molecule has 0 saturated carbocycles. The van der Waals surface area contributed by atoms with Gasteiger partial charge in [-0.15, -0.1) is 24.8 Å². The molecule has 0 spiro atoms. The minimum atomic E-state index is -4.11. The lowest BCUT2D eigenvalue weighted by Crippen LogP contribution is -2.45. The van der Waals surface area contributed by atoms with Crippen LogP contribution in [0.2, 0.25) is 5.02 Å². The predicted molar refractivity (Wildman–Crippen MR) is 88.4 cm³/mol. The van der Waals surface area contributed by atoms with Crippen LogP contribution < -0.4 is 5.32 Å². The fraction of sp³-hybridized carbons (Fsp3) is 0.571. The van der Waals surface area contributed by atoms with E-state index in [9.17, 15) is 13.2 Å². The third-order valence-electron chi connectivity index (χ3n) is 3.55. The molecule has 1 N–H and O–H groups in total. The summed E-state index contributed by atoms with van der Waals surface area (Å²) in [5.74, 6) is 0. The van der Waals surface area contributed by atoms with E-state index >= 15 is 0 Å². The molecule has 8 heteroatoms. The van der Waals surface area contributed by atoms with Crippen LogP contribution in [0.25, 0.3) is 0 Å². The normalized spacial score (nSPS) is 17.3. The molecule has 0 amide bonds. The molecule has 1 aliphatic rings. The quantitative estimate of drug-likeness (QED) is 0.830. The molecule has 1 aromatic rings. The molecule has 1 aliphatic heterocycles. The highest BCUT2D eigenvalue weighted by molar-refractivity contribution is 6.30. The number of hydrogen-bond acceptors (Lipinski definition) is 2. The summed E-state index contributed by atoms with van der Waals surface area (Å²) in [4.78, 5) is 2.12. The Labute approximate surface area is 146 Å². The van der Waals surface area contributed by atoms with Gasteiger partial charge in [0.25, 0.3) is 0 Å². The van der Waals surface area contributed by atoms with Crippen molar-refractivity contribution >= 4 is 36.4 Å². The van der Waals surface area contributed by atoms with Gasteiger partial charge in [-0.3, -0.25) is 4.90 Å². The summed E-state index contributed by atoms with van der Waals surface area (Å²) >= 11 is 5.85. The summed E-state index contributed by atoms with van der Waals surface area (Å²) in [5, 5.41) is 3.82. The number of hydrogen-bond donors (Lipinski definition) is 1. The van der Waals surface area contributed by atoms with Crippen LogP contribution in [0.1, 0.15) is 24.4 Å². The molecule has 0 radical (unpaired) electrons. The summed E-state index contributed by atoms with van der Waals surface area (Å²) in [7, 11) is 0. The van der Waals surface area contributed by atoms with Crippen molar-refractivity contribution in [2.24, 2.45) is 0 Å². The van der Waals surface area contributed by atoms with Crippen molar-refractivity contribution in [2.75, 3.05) is 26.2 Å². The molecule has 22 heavy (non-hydrogen) atoms. The second-order valence-electron chi connectivity index (χ2n) is 5.01. The molecular formula is C14H20Cl3F3N2. The van der Waals surface area contributed by atoms with E-state index in [4.69, 9.17) is 11.6 Å². The molecule has 2 rings (SSSR count). The predicted octanol–water partition coefficient (Wildman–Crippen LogP) is 4.47. The van der Waals surface area contributed by atoms with Crippen LogP contribution in [0.4, 0.5) is 13.2 Å². The summed E-state index contributed by atoms with van der Waals surface area (Å²) in [6.45, 7) is 3.17. The van der Waals surface area contributed by atoms with Gasteiger partial charge in [0.05, 0.1) is 0 Å². The lowest BCUT2D eigenvalue weighted by atomic mass is 9.99. The van der Waals surface area contributed by atoms with Crippen molar-refractivity contribution in [2.45, 2.75) is 25.1 Å². The highest BCUT2D eigenvalue weighted by Crippen LogP contribution is 2.32. The van der Waals surface area contributed by atoms with E-state index in [0.29, 0.717) is 5.02 Å². The molecule has 0 bridgehead atoms. The fourth-order valence-corrected chi connectivity index (χ4v) is 2.67. The van der Waals surface area contributed by atoms with E-state index in [-0.39, 0.29) is 37.3 Å². The van der Waals surface area contributed by atoms with Crippen LogP contribution in [0.5, 0.6) is 0 Å². The van der Waals surface area contributed by atoms with Gasteiger partial charge in [-0.1, -0.05) is 23.7 Å². The molecule has 1 atom stereocenters.